The molecule has 0 atom stereocenters. The monoisotopic (exact) mass is 167 g/mol. The van der Waals surface area contributed by atoms with Gasteiger partial charge in [0.2, 0.25) is 0 Å². The van der Waals surface area contributed by atoms with E-state index in [0.29, 0.717) is 6.42 Å². The first kappa shape index (κ1) is 7.82. The van der Waals surface area contributed by atoms with Crippen LogP contribution in [0.2, 0.25) is 0 Å². The quantitative estimate of drug-likeness (QED) is 0.594. The molecule has 2 rings (SSSR count). The molecule has 1 aromatic heterocycles. The number of hydrogen-bond acceptors (Lipinski definition) is 1. The van der Waals surface area contributed by atoms with Crippen molar-refractivity contribution in [3.05, 3.63) is 42.1 Å². The maximum atomic E-state index is 5.27. The number of rotatable bonds is 1. The minimum absolute atomic E-state index is 0.647. The molecule has 0 saturated heterocycles. The van der Waals surface area contributed by atoms with E-state index in [1.807, 2.05) is 30.3 Å². The highest BCUT2D eigenvalue weighted by Crippen LogP contribution is 2.15. The van der Waals surface area contributed by atoms with Gasteiger partial charge in [-0.05, 0) is 11.6 Å². The lowest BCUT2D eigenvalue weighted by Crippen LogP contribution is -1.86. The van der Waals surface area contributed by atoms with Gasteiger partial charge in [0, 0.05) is 18.0 Å². The van der Waals surface area contributed by atoms with Crippen molar-refractivity contribution in [2.75, 3.05) is 0 Å². The third-order valence-electron chi connectivity index (χ3n) is 2.01. The topological polar surface area (TPSA) is 12.9 Å². The SMILES string of the molecule is C#CCc1cccc2cccnc12. The molecular formula is C12H9N. The van der Waals surface area contributed by atoms with Crippen molar-refractivity contribution in [1.82, 2.24) is 4.98 Å². The summed E-state index contributed by atoms with van der Waals surface area (Å²) in [6.45, 7) is 0. The molecule has 0 amide bonds. The molecular weight excluding hydrogens is 158 g/mol. The third kappa shape index (κ3) is 1.39. The van der Waals surface area contributed by atoms with Gasteiger partial charge in [0.25, 0.3) is 0 Å². The van der Waals surface area contributed by atoms with Gasteiger partial charge in [0.05, 0.1) is 5.52 Å². The van der Waals surface area contributed by atoms with Gasteiger partial charge in [-0.15, -0.1) is 12.3 Å². The van der Waals surface area contributed by atoms with Crippen LogP contribution in [0.3, 0.4) is 0 Å². The van der Waals surface area contributed by atoms with Gasteiger partial charge in [-0.3, -0.25) is 4.98 Å². The summed E-state index contributed by atoms with van der Waals surface area (Å²) in [7, 11) is 0. The van der Waals surface area contributed by atoms with E-state index < -0.39 is 0 Å². The number of hydrogen-bond donors (Lipinski definition) is 0. The van der Waals surface area contributed by atoms with Crippen LogP contribution in [0.5, 0.6) is 0 Å². The zero-order chi connectivity index (χ0) is 9.10. The van der Waals surface area contributed by atoms with Crippen molar-refractivity contribution in [2.24, 2.45) is 0 Å². The van der Waals surface area contributed by atoms with Gasteiger partial charge in [0.1, 0.15) is 0 Å². The van der Waals surface area contributed by atoms with Crippen molar-refractivity contribution < 1.29 is 0 Å². The van der Waals surface area contributed by atoms with E-state index in [2.05, 4.69) is 10.9 Å². The van der Waals surface area contributed by atoms with E-state index >= 15 is 0 Å². The summed E-state index contributed by atoms with van der Waals surface area (Å²) in [4.78, 5) is 4.30. The molecule has 0 aliphatic rings. The second-order valence-electron chi connectivity index (χ2n) is 2.87. The van der Waals surface area contributed by atoms with Crippen molar-refractivity contribution >= 4 is 10.9 Å². The highest BCUT2D eigenvalue weighted by Gasteiger charge is 1.98. The molecule has 0 unspecified atom stereocenters. The Balaban J connectivity index is 2.70. The summed E-state index contributed by atoms with van der Waals surface area (Å²) in [5.74, 6) is 2.64. The minimum atomic E-state index is 0.647. The van der Waals surface area contributed by atoms with E-state index in [0.717, 1.165) is 16.5 Å². The van der Waals surface area contributed by atoms with Crippen LogP contribution in [0, 0.1) is 12.3 Å². The summed E-state index contributed by atoms with van der Waals surface area (Å²) in [6.07, 6.45) is 7.71. The second-order valence-corrected chi connectivity index (χ2v) is 2.87. The van der Waals surface area contributed by atoms with E-state index in [1.54, 1.807) is 6.20 Å². The van der Waals surface area contributed by atoms with Crippen LogP contribution in [-0.4, -0.2) is 4.98 Å². The van der Waals surface area contributed by atoms with Crippen LogP contribution < -0.4 is 0 Å². The molecule has 1 nitrogen and oxygen atoms in total. The van der Waals surface area contributed by atoms with Crippen LogP contribution >= 0.6 is 0 Å². The van der Waals surface area contributed by atoms with Crippen molar-refractivity contribution in [2.45, 2.75) is 6.42 Å². The zero-order valence-electron chi connectivity index (χ0n) is 7.20. The fourth-order valence-corrected chi connectivity index (χ4v) is 1.42. The van der Waals surface area contributed by atoms with Crippen LogP contribution in [0.4, 0.5) is 0 Å². The van der Waals surface area contributed by atoms with Crippen LogP contribution in [-0.2, 0) is 6.42 Å². The molecule has 13 heavy (non-hydrogen) atoms. The zero-order valence-corrected chi connectivity index (χ0v) is 7.20. The van der Waals surface area contributed by atoms with Gasteiger partial charge in [-0.2, -0.15) is 0 Å². The van der Waals surface area contributed by atoms with Gasteiger partial charge >= 0.3 is 0 Å². The maximum absolute atomic E-state index is 5.27. The Labute approximate surface area is 77.4 Å². The Morgan fingerprint density at radius 3 is 2.92 bits per heavy atom. The summed E-state index contributed by atoms with van der Waals surface area (Å²) in [5.41, 5.74) is 2.14. The third-order valence-corrected chi connectivity index (χ3v) is 2.01. The Morgan fingerprint density at radius 2 is 2.08 bits per heavy atom. The number of terminal acetylenes is 1. The molecule has 0 bridgehead atoms. The number of nitrogens with zero attached hydrogens (tertiary/aromatic N) is 1. The molecule has 62 valence electrons. The Morgan fingerprint density at radius 1 is 1.23 bits per heavy atom. The maximum Gasteiger partial charge on any atom is 0.0743 e. The number of fused-ring (bicyclic) bond motifs is 1. The molecule has 1 heteroatoms. The fraction of sp³-hybridized carbons (Fsp3) is 0.0833. The van der Waals surface area contributed by atoms with Crippen LogP contribution in [0.15, 0.2) is 36.5 Å². The standard InChI is InChI=1S/C12H9N/c1-2-5-10-6-3-7-11-8-4-9-13-12(10)11/h1,3-4,6-9H,5H2. The van der Waals surface area contributed by atoms with E-state index in [4.69, 9.17) is 6.42 Å². The van der Waals surface area contributed by atoms with Crippen molar-refractivity contribution in [3.63, 3.8) is 0 Å². The molecule has 1 heterocycles. The Hall–Kier alpha value is -1.81. The summed E-state index contributed by atoms with van der Waals surface area (Å²) < 4.78 is 0. The van der Waals surface area contributed by atoms with Crippen molar-refractivity contribution in [3.8, 4) is 12.3 Å². The van der Waals surface area contributed by atoms with Crippen molar-refractivity contribution in [1.29, 1.82) is 0 Å². The summed E-state index contributed by atoms with van der Waals surface area (Å²) >= 11 is 0. The number of para-hydroxylation sites is 1. The van der Waals surface area contributed by atoms with E-state index in [-0.39, 0.29) is 0 Å². The first-order valence-corrected chi connectivity index (χ1v) is 4.18. The molecule has 2 aromatic rings. The predicted molar refractivity (Wildman–Crippen MR) is 54.3 cm³/mol. The molecule has 0 saturated carbocycles. The number of aromatic nitrogens is 1. The van der Waals surface area contributed by atoms with Gasteiger partial charge in [0.15, 0.2) is 0 Å². The predicted octanol–water partition coefficient (Wildman–Crippen LogP) is 2.41. The largest absolute Gasteiger partial charge is 0.256 e. The first-order chi connectivity index (χ1) is 6.42. The lowest BCUT2D eigenvalue weighted by atomic mass is 10.1. The summed E-state index contributed by atoms with van der Waals surface area (Å²) in [5, 5.41) is 1.15. The Kier molecular flexibility index (Phi) is 1.97. The number of pyridine rings is 1. The normalized spacial score (nSPS) is 9.77. The van der Waals surface area contributed by atoms with E-state index in [1.165, 1.54) is 0 Å². The fourth-order valence-electron chi connectivity index (χ4n) is 1.42. The number of benzene rings is 1. The first-order valence-electron chi connectivity index (χ1n) is 4.18. The second kappa shape index (κ2) is 3.28. The lowest BCUT2D eigenvalue weighted by molar-refractivity contribution is 1.30. The minimum Gasteiger partial charge on any atom is -0.256 e. The molecule has 0 N–H and O–H groups in total. The summed E-state index contributed by atoms with van der Waals surface area (Å²) in [6, 6.07) is 10.1. The molecule has 0 aliphatic heterocycles. The average molecular weight is 167 g/mol. The van der Waals surface area contributed by atoms with Crippen LogP contribution in [0.25, 0.3) is 10.9 Å². The van der Waals surface area contributed by atoms with Gasteiger partial charge in [-0.25, -0.2) is 0 Å². The lowest BCUT2D eigenvalue weighted by Gasteiger charge is -2.00. The molecule has 0 radical (unpaired) electrons. The highest BCUT2D eigenvalue weighted by atomic mass is 14.6. The Bertz CT molecular complexity index is 461. The highest BCUT2D eigenvalue weighted by molar-refractivity contribution is 5.81. The molecule has 0 fully saturated rings. The smallest absolute Gasteiger partial charge is 0.0743 e. The van der Waals surface area contributed by atoms with Gasteiger partial charge in [-0.1, -0.05) is 24.3 Å². The van der Waals surface area contributed by atoms with Crippen LogP contribution in [0.1, 0.15) is 5.56 Å². The van der Waals surface area contributed by atoms with E-state index in [9.17, 15) is 0 Å². The molecule has 0 spiro atoms. The average Bonchev–Trinajstić information content (AvgIpc) is 2.19. The molecule has 0 aliphatic carbocycles. The molecule has 1 aromatic carbocycles. The van der Waals surface area contributed by atoms with Gasteiger partial charge < -0.3 is 0 Å².